The smallest absolute Gasteiger partial charge is 0.256 e. The lowest BCUT2D eigenvalue weighted by molar-refractivity contribution is 0.0948. The summed E-state index contributed by atoms with van der Waals surface area (Å²) >= 11 is 5.86. The minimum Gasteiger partial charge on any atom is -0.506 e. The zero-order valence-electron chi connectivity index (χ0n) is 19.5. The number of hydrogen-bond donors (Lipinski definition) is 3. The predicted molar refractivity (Wildman–Crippen MR) is 136 cm³/mol. The molecule has 0 aliphatic carbocycles. The van der Waals surface area contributed by atoms with E-state index >= 15 is 0 Å². The van der Waals surface area contributed by atoms with Gasteiger partial charge in [0, 0.05) is 29.7 Å². The maximum Gasteiger partial charge on any atom is 0.256 e. The Morgan fingerprint density at radius 2 is 1.69 bits per heavy atom. The van der Waals surface area contributed by atoms with Crippen molar-refractivity contribution in [2.24, 2.45) is 0 Å². The highest BCUT2D eigenvalue weighted by molar-refractivity contribution is 7.89. The molecular weight excluding hydrogens is 505 g/mol. The summed E-state index contributed by atoms with van der Waals surface area (Å²) in [5.41, 5.74) is 3.22. The summed E-state index contributed by atoms with van der Waals surface area (Å²) in [5, 5.41) is 13.7. The molecule has 0 bridgehead atoms. The summed E-state index contributed by atoms with van der Waals surface area (Å²) in [6.45, 7) is 4.01. The van der Waals surface area contributed by atoms with Gasteiger partial charge in [-0.3, -0.25) is 9.78 Å². The molecule has 10 heteroatoms. The van der Waals surface area contributed by atoms with E-state index in [1.165, 1.54) is 0 Å². The Morgan fingerprint density at radius 3 is 2.39 bits per heavy atom. The molecule has 0 saturated heterocycles. The first-order valence-electron chi connectivity index (χ1n) is 10.9. The number of nitrogens with one attached hydrogen (secondary N) is 2. The minimum absolute atomic E-state index is 0.0152. The Hall–Kier alpha value is -3.53. The highest BCUT2D eigenvalue weighted by Gasteiger charge is 2.24. The normalized spacial score (nSPS) is 11.6. The van der Waals surface area contributed by atoms with Crippen molar-refractivity contribution in [1.82, 2.24) is 15.0 Å². The van der Waals surface area contributed by atoms with Crippen molar-refractivity contribution in [2.75, 3.05) is 0 Å². The quantitative estimate of drug-likeness (QED) is 0.321. The fraction of sp³-hybridized carbons (Fsp3) is 0.154. The molecule has 0 saturated carbocycles. The molecule has 0 radical (unpaired) electrons. The largest absolute Gasteiger partial charge is 0.506 e. The first-order chi connectivity index (χ1) is 17.0. The third kappa shape index (κ3) is 5.48. The van der Waals surface area contributed by atoms with Crippen LogP contribution in [-0.4, -0.2) is 24.4 Å². The van der Waals surface area contributed by atoms with Crippen LogP contribution >= 0.6 is 11.6 Å². The van der Waals surface area contributed by atoms with Crippen molar-refractivity contribution >= 4 is 38.4 Å². The van der Waals surface area contributed by atoms with Crippen LogP contribution in [-0.2, 0) is 23.1 Å². The van der Waals surface area contributed by atoms with Gasteiger partial charge in [-0.25, -0.2) is 17.5 Å². The maximum absolute atomic E-state index is 14.5. The van der Waals surface area contributed by atoms with Gasteiger partial charge in [0.15, 0.2) is 0 Å². The monoisotopic (exact) mass is 527 g/mol. The molecule has 0 atom stereocenters. The lowest BCUT2D eigenvalue weighted by Gasteiger charge is -2.13. The molecule has 1 amide bonds. The Morgan fingerprint density at radius 1 is 1.00 bits per heavy atom. The van der Waals surface area contributed by atoms with Gasteiger partial charge in [0.1, 0.15) is 22.0 Å². The van der Waals surface area contributed by atoms with Crippen LogP contribution in [0.3, 0.4) is 0 Å². The van der Waals surface area contributed by atoms with Crippen LogP contribution in [0, 0.1) is 19.7 Å². The number of fused-ring (bicyclic) bond motifs is 1. The Labute approximate surface area is 213 Å². The van der Waals surface area contributed by atoms with Crippen LogP contribution in [0.15, 0.2) is 65.7 Å². The number of sulfonamides is 1. The van der Waals surface area contributed by atoms with E-state index in [2.05, 4.69) is 15.0 Å². The lowest BCUT2D eigenvalue weighted by atomic mass is 10.1. The lowest BCUT2D eigenvalue weighted by Crippen LogP contribution is -2.24. The zero-order valence-corrected chi connectivity index (χ0v) is 21.0. The minimum atomic E-state index is -4.21. The van der Waals surface area contributed by atoms with Gasteiger partial charge in [-0.05, 0) is 60.4 Å². The van der Waals surface area contributed by atoms with Crippen molar-refractivity contribution in [1.29, 1.82) is 0 Å². The van der Waals surface area contributed by atoms with E-state index in [0.29, 0.717) is 5.02 Å². The summed E-state index contributed by atoms with van der Waals surface area (Å²) in [6, 6.07) is 14.1. The van der Waals surface area contributed by atoms with E-state index in [1.807, 2.05) is 26.0 Å². The molecule has 0 spiro atoms. The van der Waals surface area contributed by atoms with Gasteiger partial charge < -0.3 is 10.4 Å². The molecular formula is C26H23ClFN3O4S. The van der Waals surface area contributed by atoms with Crippen LogP contribution in [0.2, 0.25) is 5.02 Å². The fourth-order valence-electron chi connectivity index (χ4n) is 3.64. The number of benzene rings is 3. The van der Waals surface area contributed by atoms with Crippen molar-refractivity contribution < 1.29 is 22.7 Å². The molecule has 0 aliphatic rings. The zero-order chi connectivity index (χ0) is 26.0. The summed E-state index contributed by atoms with van der Waals surface area (Å²) in [6.07, 6.45) is 1.06. The summed E-state index contributed by atoms with van der Waals surface area (Å²) < 4.78 is 43.0. The molecule has 0 unspecified atom stereocenters. The molecule has 36 heavy (non-hydrogen) atoms. The van der Waals surface area contributed by atoms with E-state index in [0.717, 1.165) is 40.6 Å². The van der Waals surface area contributed by atoms with Gasteiger partial charge in [0.05, 0.1) is 5.52 Å². The summed E-state index contributed by atoms with van der Waals surface area (Å²) in [7, 11) is -4.21. The number of pyridine rings is 1. The number of amides is 1. The standard InChI is InChI=1S/C26H23ClFN3O4S/c1-15-3-4-18(9-16(15)2)13-31-36(34,35)23-11-20(28)10-21-24(23)29-14-22(25(21)32)26(33)30-12-17-5-7-19(27)8-6-17/h3-11,14,31H,12-13H2,1-2H3,(H,29,32)(H,30,33). The predicted octanol–water partition coefficient (Wildman–Crippen LogP) is 4.76. The van der Waals surface area contributed by atoms with E-state index in [4.69, 9.17) is 11.6 Å². The molecule has 4 aromatic rings. The number of halogens is 2. The number of carbonyl (C=O) groups excluding carboxylic acids is 1. The number of aryl methyl sites for hydroxylation is 2. The van der Waals surface area contributed by atoms with Gasteiger partial charge in [0.2, 0.25) is 10.0 Å². The number of aromatic hydroxyl groups is 1. The number of nitrogens with zero attached hydrogens (tertiary/aromatic N) is 1. The highest BCUT2D eigenvalue weighted by atomic mass is 35.5. The second-order valence-electron chi connectivity index (χ2n) is 8.37. The van der Waals surface area contributed by atoms with Crippen molar-refractivity contribution in [3.05, 3.63) is 99.5 Å². The van der Waals surface area contributed by atoms with Crippen molar-refractivity contribution in [3.8, 4) is 5.75 Å². The third-order valence-electron chi connectivity index (χ3n) is 5.81. The molecule has 186 valence electrons. The summed E-state index contributed by atoms with van der Waals surface area (Å²) in [4.78, 5) is 16.3. The summed E-state index contributed by atoms with van der Waals surface area (Å²) in [5.74, 6) is -2.12. The van der Waals surface area contributed by atoms with Crippen LogP contribution in [0.1, 0.15) is 32.6 Å². The van der Waals surface area contributed by atoms with Crippen molar-refractivity contribution in [3.63, 3.8) is 0 Å². The number of rotatable bonds is 7. The number of carbonyl (C=O) groups is 1. The van der Waals surface area contributed by atoms with E-state index in [9.17, 15) is 22.7 Å². The Kier molecular flexibility index (Phi) is 7.26. The van der Waals surface area contributed by atoms with Gasteiger partial charge in [0.25, 0.3) is 5.91 Å². The average Bonchev–Trinajstić information content (AvgIpc) is 2.84. The van der Waals surface area contributed by atoms with E-state index in [-0.39, 0.29) is 29.6 Å². The van der Waals surface area contributed by atoms with Crippen LogP contribution in [0.25, 0.3) is 10.9 Å². The van der Waals surface area contributed by atoms with E-state index < -0.39 is 32.4 Å². The molecule has 7 nitrogen and oxygen atoms in total. The Balaban J connectivity index is 1.61. The van der Waals surface area contributed by atoms with Gasteiger partial charge >= 0.3 is 0 Å². The molecule has 1 heterocycles. The first kappa shape index (κ1) is 25.6. The molecule has 0 aliphatic heterocycles. The van der Waals surface area contributed by atoms with E-state index in [1.54, 1.807) is 30.3 Å². The SMILES string of the molecule is Cc1ccc(CNS(=O)(=O)c2cc(F)cc3c(O)c(C(=O)NCc4ccc(Cl)cc4)cnc23)cc1C. The first-order valence-corrected chi connectivity index (χ1v) is 12.8. The van der Waals surface area contributed by atoms with Gasteiger partial charge in [-0.1, -0.05) is 41.9 Å². The third-order valence-corrected chi connectivity index (χ3v) is 7.48. The van der Waals surface area contributed by atoms with Gasteiger partial charge in [-0.15, -0.1) is 0 Å². The molecule has 1 aromatic heterocycles. The fourth-order valence-corrected chi connectivity index (χ4v) is 4.97. The molecule has 3 N–H and O–H groups in total. The Bertz CT molecular complexity index is 1570. The molecule has 4 rings (SSSR count). The molecule has 3 aromatic carbocycles. The van der Waals surface area contributed by atoms with Gasteiger partial charge in [-0.2, -0.15) is 0 Å². The second kappa shape index (κ2) is 10.2. The molecule has 0 fully saturated rings. The second-order valence-corrected chi connectivity index (χ2v) is 10.5. The number of hydrogen-bond acceptors (Lipinski definition) is 5. The topological polar surface area (TPSA) is 108 Å². The van der Waals surface area contributed by atoms with Crippen LogP contribution in [0.4, 0.5) is 4.39 Å². The van der Waals surface area contributed by atoms with Crippen LogP contribution < -0.4 is 10.0 Å². The highest BCUT2D eigenvalue weighted by Crippen LogP contribution is 2.32. The average molecular weight is 528 g/mol. The van der Waals surface area contributed by atoms with Crippen molar-refractivity contribution in [2.45, 2.75) is 31.8 Å². The maximum atomic E-state index is 14.5. The van der Waals surface area contributed by atoms with Crippen LogP contribution in [0.5, 0.6) is 5.75 Å². The number of aromatic nitrogens is 1.